The smallest absolute Gasteiger partial charge is 0.423 e. The summed E-state index contributed by atoms with van der Waals surface area (Å²) in [4.78, 5) is 0. The molecule has 0 radical (unpaired) electrons. The number of rotatable bonds is 4. The fraction of sp³-hybridized carbons (Fsp3) is 0.143. The van der Waals surface area contributed by atoms with Crippen molar-refractivity contribution in [3.05, 3.63) is 70.5 Å². The first kappa shape index (κ1) is 27.6. The Morgan fingerprint density at radius 2 is 0.919 bits per heavy atom. The van der Waals surface area contributed by atoms with Crippen LogP contribution in [0, 0.1) is 17.5 Å². The number of benzene rings is 3. The van der Waals surface area contributed by atoms with Crippen LogP contribution in [0.3, 0.4) is 0 Å². The van der Waals surface area contributed by atoms with Crippen molar-refractivity contribution in [1.82, 2.24) is 0 Å². The maximum atomic E-state index is 15.0. The summed E-state index contributed by atoms with van der Waals surface area (Å²) in [6.07, 6.45) is -15.7. The minimum atomic E-state index is -5.80. The molecule has 200 valence electrons. The van der Waals surface area contributed by atoms with Gasteiger partial charge in [0.05, 0.1) is 11.1 Å². The molecule has 0 spiro atoms. The summed E-state index contributed by atoms with van der Waals surface area (Å²) < 4.78 is 171. The summed E-state index contributed by atoms with van der Waals surface area (Å²) in [5.41, 5.74) is 2.91. The van der Waals surface area contributed by atoms with Crippen LogP contribution in [0.25, 0.3) is 0 Å². The van der Waals surface area contributed by atoms with Crippen LogP contribution in [-0.2, 0) is 18.5 Å². The molecule has 0 saturated heterocycles. The van der Waals surface area contributed by atoms with Gasteiger partial charge < -0.3 is 20.9 Å². The van der Waals surface area contributed by atoms with Gasteiger partial charge in [0.1, 0.15) is 17.1 Å². The molecule has 0 bridgehead atoms. The lowest BCUT2D eigenvalue weighted by molar-refractivity contribution is -0.141. The molecule has 0 aliphatic heterocycles. The zero-order valence-corrected chi connectivity index (χ0v) is 17.5. The zero-order chi connectivity index (χ0) is 28.1. The van der Waals surface area contributed by atoms with Crippen LogP contribution in [0.1, 0.15) is 16.7 Å². The molecule has 0 aliphatic rings. The molecule has 3 rings (SSSR count). The summed E-state index contributed by atoms with van der Waals surface area (Å²) >= 11 is 0. The Morgan fingerprint density at radius 3 is 1.27 bits per heavy atom. The van der Waals surface area contributed by atoms with Crippen LogP contribution in [-0.4, -0.2) is 0 Å². The first-order valence-electron chi connectivity index (χ1n) is 9.39. The van der Waals surface area contributed by atoms with E-state index in [0.29, 0.717) is 30.3 Å². The first-order chi connectivity index (χ1) is 16.8. The molecule has 0 saturated carbocycles. The van der Waals surface area contributed by atoms with Gasteiger partial charge in [-0.3, -0.25) is 0 Å². The predicted octanol–water partition coefficient (Wildman–Crippen LogP) is 7.91. The Kier molecular flexibility index (Phi) is 6.83. The van der Waals surface area contributed by atoms with E-state index in [1.54, 1.807) is 0 Å². The van der Waals surface area contributed by atoms with E-state index in [1.807, 2.05) is 0 Å². The Bertz CT molecular complexity index is 1350. The highest BCUT2D eigenvalue weighted by molar-refractivity contribution is 5.57. The van der Waals surface area contributed by atoms with Gasteiger partial charge in [0.15, 0.2) is 11.6 Å². The average Bonchev–Trinajstić information content (AvgIpc) is 2.72. The number of hydrogen-bond acceptors (Lipinski definition) is 4. The van der Waals surface area contributed by atoms with E-state index >= 15 is 4.39 Å². The molecular weight excluding hydrogens is 540 g/mol. The van der Waals surface area contributed by atoms with Crippen LogP contribution in [0.4, 0.5) is 64.1 Å². The van der Waals surface area contributed by atoms with Gasteiger partial charge in [-0.25, -0.2) is 4.39 Å². The minimum absolute atomic E-state index is 0.276. The molecule has 0 amide bonds. The molecule has 0 fully saturated rings. The van der Waals surface area contributed by atoms with Gasteiger partial charge in [0.2, 0.25) is 17.4 Å². The third-order valence-electron chi connectivity index (χ3n) is 4.62. The largest absolute Gasteiger partial charge is 0.453 e. The third kappa shape index (κ3) is 5.56. The van der Waals surface area contributed by atoms with E-state index < -0.39 is 87.0 Å². The lowest BCUT2D eigenvalue weighted by Crippen LogP contribution is -2.15. The summed E-state index contributed by atoms with van der Waals surface area (Å²) in [6.45, 7) is 0. The number of halogens is 12. The second-order valence-electron chi connectivity index (χ2n) is 7.17. The van der Waals surface area contributed by atoms with Gasteiger partial charge in [-0.1, -0.05) is 0 Å². The van der Waals surface area contributed by atoms with Crippen LogP contribution < -0.4 is 20.9 Å². The fourth-order valence-electron chi connectivity index (χ4n) is 3.02. The Labute approximate surface area is 198 Å². The van der Waals surface area contributed by atoms with E-state index in [1.165, 1.54) is 0 Å². The lowest BCUT2D eigenvalue weighted by atomic mass is 10.1. The number of nitrogen functional groups attached to an aromatic ring is 2. The maximum absolute atomic E-state index is 15.0. The van der Waals surface area contributed by atoms with Crippen molar-refractivity contribution in [2.24, 2.45) is 0 Å². The Morgan fingerprint density at radius 1 is 0.514 bits per heavy atom. The fourth-order valence-corrected chi connectivity index (χ4v) is 3.02. The number of nitrogens with two attached hydrogens (primary N) is 2. The molecule has 3 aromatic rings. The SMILES string of the molecule is Nc1cc(Oc2c(F)c(F)c(C(F)(F)F)c(Oc3ccc(C(F)(F)F)c(N)c3)c2F)ccc1C(F)(F)F. The predicted molar refractivity (Wildman–Crippen MR) is 103 cm³/mol. The standard InChI is InChI=1S/C21H10F12N2O2/c22-14-13(21(31,32)33)17(36-7-1-3-9(11(34)5-7)19(25,26)27)16(24)18(15(14)23)37-8-2-4-10(12(35)6-8)20(28,29)30/h1-6H,34-35H2. The molecule has 0 aromatic heterocycles. The van der Waals surface area contributed by atoms with Crippen LogP contribution in [0.2, 0.25) is 0 Å². The monoisotopic (exact) mass is 550 g/mol. The van der Waals surface area contributed by atoms with E-state index in [-0.39, 0.29) is 6.07 Å². The van der Waals surface area contributed by atoms with Gasteiger partial charge in [0, 0.05) is 23.5 Å². The summed E-state index contributed by atoms with van der Waals surface area (Å²) in [6, 6.07) is 2.28. The maximum Gasteiger partial charge on any atom is 0.423 e. The van der Waals surface area contributed by atoms with E-state index in [0.717, 1.165) is 0 Å². The van der Waals surface area contributed by atoms with Gasteiger partial charge >= 0.3 is 18.5 Å². The molecule has 37 heavy (non-hydrogen) atoms. The average molecular weight is 550 g/mol. The first-order valence-corrected chi connectivity index (χ1v) is 9.39. The normalized spacial score (nSPS) is 12.5. The quantitative estimate of drug-likeness (QED) is 0.197. The van der Waals surface area contributed by atoms with E-state index in [9.17, 15) is 48.3 Å². The van der Waals surface area contributed by atoms with E-state index in [2.05, 4.69) is 9.47 Å². The minimum Gasteiger partial charge on any atom is -0.453 e. The number of ether oxygens (including phenoxy) is 2. The second-order valence-corrected chi connectivity index (χ2v) is 7.17. The summed E-state index contributed by atoms with van der Waals surface area (Å²) in [7, 11) is 0. The van der Waals surface area contributed by atoms with Crippen LogP contribution in [0.15, 0.2) is 36.4 Å². The number of anilines is 2. The molecule has 0 heterocycles. The lowest BCUT2D eigenvalue weighted by Gasteiger charge is -2.19. The van der Waals surface area contributed by atoms with Crippen molar-refractivity contribution in [3.8, 4) is 23.0 Å². The zero-order valence-electron chi connectivity index (χ0n) is 17.5. The number of hydrogen-bond donors (Lipinski definition) is 2. The van der Waals surface area contributed by atoms with Gasteiger partial charge in [-0.05, 0) is 24.3 Å². The van der Waals surface area contributed by atoms with Crippen LogP contribution in [0.5, 0.6) is 23.0 Å². The Balaban J connectivity index is 2.15. The highest BCUT2D eigenvalue weighted by Gasteiger charge is 2.44. The van der Waals surface area contributed by atoms with Gasteiger partial charge in [0.25, 0.3) is 0 Å². The van der Waals surface area contributed by atoms with E-state index in [4.69, 9.17) is 11.5 Å². The van der Waals surface area contributed by atoms with Crippen molar-refractivity contribution >= 4 is 11.4 Å². The molecular formula is C21H10F12N2O2. The van der Waals surface area contributed by atoms with Crippen molar-refractivity contribution in [1.29, 1.82) is 0 Å². The molecule has 16 heteroatoms. The van der Waals surface area contributed by atoms with Crippen LogP contribution >= 0.6 is 0 Å². The second kappa shape index (κ2) is 9.15. The topological polar surface area (TPSA) is 70.5 Å². The molecule has 4 nitrogen and oxygen atoms in total. The van der Waals surface area contributed by atoms with Crippen molar-refractivity contribution < 1.29 is 62.2 Å². The summed E-state index contributed by atoms with van der Waals surface area (Å²) in [5.74, 6) is -13.3. The molecule has 3 aromatic carbocycles. The van der Waals surface area contributed by atoms with Crippen molar-refractivity contribution in [2.75, 3.05) is 11.5 Å². The molecule has 0 atom stereocenters. The third-order valence-corrected chi connectivity index (χ3v) is 4.62. The molecule has 4 N–H and O–H groups in total. The van der Waals surface area contributed by atoms with Crippen molar-refractivity contribution in [2.45, 2.75) is 18.5 Å². The highest BCUT2D eigenvalue weighted by atomic mass is 19.4. The summed E-state index contributed by atoms with van der Waals surface area (Å²) in [5, 5.41) is 0. The van der Waals surface area contributed by atoms with Gasteiger partial charge in [-0.2, -0.15) is 48.3 Å². The Hall–Kier alpha value is -3.98. The van der Waals surface area contributed by atoms with Gasteiger partial charge in [-0.15, -0.1) is 0 Å². The highest BCUT2D eigenvalue weighted by Crippen LogP contribution is 2.48. The molecule has 0 unspecified atom stereocenters. The number of alkyl halides is 9. The molecule has 0 aliphatic carbocycles. The van der Waals surface area contributed by atoms with Crippen molar-refractivity contribution in [3.63, 3.8) is 0 Å².